The number of halogens is 2. The van der Waals surface area contributed by atoms with E-state index in [-0.39, 0.29) is 11.5 Å². The number of rotatable bonds is 2. The van der Waals surface area contributed by atoms with Crippen LogP contribution in [0.15, 0.2) is 18.2 Å². The van der Waals surface area contributed by atoms with Crippen molar-refractivity contribution in [1.29, 1.82) is 0 Å². The Labute approximate surface area is 105 Å². The second kappa shape index (κ2) is 3.77. The maximum atomic E-state index is 14.0. The summed E-state index contributed by atoms with van der Waals surface area (Å²) in [5.74, 6) is -3.16. The van der Waals surface area contributed by atoms with Gasteiger partial charge in [0.15, 0.2) is 0 Å². The standard InChI is InChI=1S/C14H15F2NO/c1-17-12-6-5-11(14(15,16)10-3-4-10)8-9(12)2-7-13(17)18/h5-6,8,10H,2-4,7H2,1H3. The molecular weight excluding hydrogens is 236 g/mol. The molecule has 0 spiro atoms. The molecule has 96 valence electrons. The number of benzene rings is 1. The molecule has 1 saturated carbocycles. The Hall–Kier alpha value is -1.45. The minimum atomic E-state index is -2.71. The highest BCUT2D eigenvalue weighted by molar-refractivity contribution is 5.95. The van der Waals surface area contributed by atoms with Gasteiger partial charge < -0.3 is 4.90 Å². The number of anilines is 1. The lowest BCUT2D eigenvalue weighted by Crippen LogP contribution is -2.31. The average Bonchev–Trinajstić information content (AvgIpc) is 3.18. The van der Waals surface area contributed by atoms with Crippen molar-refractivity contribution in [3.8, 4) is 0 Å². The van der Waals surface area contributed by atoms with E-state index < -0.39 is 11.8 Å². The van der Waals surface area contributed by atoms with Crippen molar-refractivity contribution in [2.24, 2.45) is 5.92 Å². The molecule has 1 aromatic carbocycles. The third kappa shape index (κ3) is 1.71. The van der Waals surface area contributed by atoms with Crippen LogP contribution in [0.25, 0.3) is 0 Å². The van der Waals surface area contributed by atoms with Crippen LogP contribution in [0.4, 0.5) is 14.5 Å². The summed E-state index contributed by atoms with van der Waals surface area (Å²) in [5, 5.41) is 0. The molecule has 0 atom stereocenters. The second-order valence-electron chi connectivity index (χ2n) is 5.19. The van der Waals surface area contributed by atoms with Crippen LogP contribution in [0, 0.1) is 5.92 Å². The molecule has 2 nitrogen and oxygen atoms in total. The number of hydrogen-bond acceptors (Lipinski definition) is 1. The lowest BCUT2D eigenvalue weighted by atomic mass is 9.95. The quantitative estimate of drug-likeness (QED) is 0.791. The van der Waals surface area contributed by atoms with E-state index in [0.717, 1.165) is 11.3 Å². The fourth-order valence-electron chi connectivity index (χ4n) is 2.55. The highest BCUT2D eigenvalue weighted by atomic mass is 19.3. The normalized spacial score (nSPS) is 19.9. The van der Waals surface area contributed by atoms with Crippen molar-refractivity contribution in [2.75, 3.05) is 11.9 Å². The number of carbonyl (C=O) groups excluding carboxylic acids is 1. The van der Waals surface area contributed by atoms with Gasteiger partial charge in [0.25, 0.3) is 5.92 Å². The lowest BCUT2D eigenvalue weighted by Gasteiger charge is -2.27. The van der Waals surface area contributed by atoms with E-state index in [0.29, 0.717) is 25.7 Å². The van der Waals surface area contributed by atoms with E-state index in [1.54, 1.807) is 24.1 Å². The van der Waals surface area contributed by atoms with Gasteiger partial charge in [0.2, 0.25) is 5.91 Å². The van der Waals surface area contributed by atoms with E-state index >= 15 is 0 Å². The Morgan fingerprint density at radius 3 is 2.67 bits per heavy atom. The minimum absolute atomic E-state index is 0.0456. The van der Waals surface area contributed by atoms with Gasteiger partial charge in [-0.3, -0.25) is 4.79 Å². The summed E-state index contributed by atoms with van der Waals surface area (Å²) in [4.78, 5) is 13.1. The van der Waals surface area contributed by atoms with Crippen LogP contribution in [0.3, 0.4) is 0 Å². The first-order valence-corrected chi connectivity index (χ1v) is 6.28. The van der Waals surface area contributed by atoms with Crippen molar-refractivity contribution in [1.82, 2.24) is 0 Å². The number of fused-ring (bicyclic) bond motifs is 1. The second-order valence-corrected chi connectivity index (χ2v) is 5.19. The van der Waals surface area contributed by atoms with Crippen molar-refractivity contribution in [3.63, 3.8) is 0 Å². The highest BCUT2D eigenvalue weighted by Crippen LogP contribution is 2.50. The Morgan fingerprint density at radius 2 is 2.00 bits per heavy atom. The maximum Gasteiger partial charge on any atom is 0.276 e. The number of carbonyl (C=O) groups is 1. The third-order valence-electron chi connectivity index (χ3n) is 3.90. The van der Waals surface area contributed by atoms with Gasteiger partial charge in [-0.1, -0.05) is 6.07 Å². The van der Waals surface area contributed by atoms with Crippen molar-refractivity contribution in [3.05, 3.63) is 29.3 Å². The minimum Gasteiger partial charge on any atom is -0.315 e. The first-order valence-electron chi connectivity index (χ1n) is 6.28. The van der Waals surface area contributed by atoms with Gasteiger partial charge >= 0.3 is 0 Å². The Bertz CT molecular complexity index is 509. The summed E-state index contributed by atoms with van der Waals surface area (Å²) in [6, 6.07) is 4.70. The van der Waals surface area contributed by atoms with Crippen LogP contribution in [-0.4, -0.2) is 13.0 Å². The zero-order chi connectivity index (χ0) is 12.9. The molecule has 1 aliphatic heterocycles. The fourth-order valence-corrected chi connectivity index (χ4v) is 2.55. The summed E-state index contributed by atoms with van der Waals surface area (Å²) in [6.07, 6.45) is 2.19. The monoisotopic (exact) mass is 251 g/mol. The number of alkyl halides is 2. The molecule has 0 saturated heterocycles. The van der Waals surface area contributed by atoms with Crippen LogP contribution < -0.4 is 4.90 Å². The first-order chi connectivity index (χ1) is 8.50. The van der Waals surface area contributed by atoms with E-state index in [1.165, 1.54) is 6.07 Å². The van der Waals surface area contributed by atoms with Gasteiger partial charge in [-0.05, 0) is 37.0 Å². The van der Waals surface area contributed by atoms with Gasteiger partial charge in [-0.25, -0.2) is 8.78 Å². The molecule has 1 aliphatic carbocycles. The molecule has 0 aromatic heterocycles. The molecule has 18 heavy (non-hydrogen) atoms. The van der Waals surface area contributed by atoms with Gasteiger partial charge in [0, 0.05) is 30.6 Å². The smallest absolute Gasteiger partial charge is 0.276 e. The molecule has 4 heteroatoms. The molecule has 1 aromatic rings. The molecule has 0 unspecified atom stereocenters. The van der Waals surface area contributed by atoms with Crippen LogP contribution in [-0.2, 0) is 17.1 Å². The summed E-state index contributed by atoms with van der Waals surface area (Å²) in [5.41, 5.74) is 1.73. The molecule has 1 heterocycles. The molecule has 0 N–H and O–H groups in total. The fraction of sp³-hybridized carbons (Fsp3) is 0.500. The van der Waals surface area contributed by atoms with Crippen molar-refractivity contribution in [2.45, 2.75) is 31.6 Å². The van der Waals surface area contributed by atoms with E-state index in [2.05, 4.69) is 0 Å². The van der Waals surface area contributed by atoms with Gasteiger partial charge in [-0.15, -0.1) is 0 Å². The molecule has 3 rings (SSSR count). The van der Waals surface area contributed by atoms with Crippen molar-refractivity contribution >= 4 is 11.6 Å². The summed E-state index contributed by atoms with van der Waals surface area (Å²) in [6.45, 7) is 0. The zero-order valence-corrected chi connectivity index (χ0v) is 10.2. The average molecular weight is 251 g/mol. The Morgan fingerprint density at radius 1 is 1.28 bits per heavy atom. The van der Waals surface area contributed by atoms with Crippen LogP contribution >= 0.6 is 0 Å². The van der Waals surface area contributed by atoms with Gasteiger partial charge in [0.05, 0.1) is 0 Å². The molecule has 2 aliphatic rings. The van der Waals surface area contributed by atoms with Crippen LogP contribution in [0.1, 0.15) is 30.4 Å². The molecule has 0 bridgehead atoms. The predicted molar refractivity (Wildman–Crippen MR) is 64.8 cm³/mol. The number of amides is 1. The topological polar surface area (TPSA) is 20.3 Å². The van der Waals surface area contributed by atoms with Crippen LogP contribution in [0.2, 0.25) is 0 Å². The molecule has 1 fully saturated rings. The van der Waals surface area contributed by atoms with Gasteiger partial charge in [0.1, 0.15) is 0 Å². The Balaban J connectivity index is 1.99. The van der Waals surface area contributed by atoms with Crippen LogP contribution in [0.5, 0.6) is 0 Å². The SMILES string of the molecule is CN1C(=O)CCc2cc(C(F)(F)C3CC3)ccc21. The first kappa shape index (κ1) is 11.6. The van der Waals surface area contributed by atoms with Crippen molar-refractivity contribution < 1.29 is 13.6 Å². The number of aryl methyl sites for hydroxylation is 1. The highest BCUT2D eigenvalue weighted by Gasteiger charge is 2.48. The molecule has 1 amide bonds. The maximum absolute atomic E-state index is 14.0. The van der Waals surface area contributed by atoms with E-state index in [4.69, 9.17) is 0 Å². The molecule has 0 radical (unpaired) electrons. The summed E-state index contributed by atoms with van der Waals surface area (Å²) < 4.78 is 28.0. The lowest BCUT2D eigenvalue weighted by molar-refractivity contribution is -0.118. The summed E-state index contributed by atoms with van der Waals surface area (Å²) >= 11 is 0. The predicted octanol–water partition coefficient (Wildman–Crippen LogP) is 3.10. The molecular formula is C14H15F2NO. The van der Waals surface area contributed by atoms with E-state index in [9.17, 15) is 13.6 Å². The van der Waals surface area contributed by atoms with E-state index in [1.807, 2.05) is 0 Å². The zero-order valence-electron chi connectivity index (χ0n) is 10.2. The largest absolute Gasteiger partial charge is 0.315 e. The summed E-state index contributed by atoms with van der Waals surface area (Å²) in [7, 11) is 1.69. The number of hydrogen-bond donors (Lipinski definition) is 0. The Kier molecular flexibility index (Phi) is 2.44. The number of nitrogens with zero attached hydrogens (tertiary/aromatic N) is 1. The third-order valence-corrected chi connectivity index (χ3v) is 3.90. The van der Waals surface area contributed by atoms with Gasteiger partial charge in [-0.2, -0.15) is 0 Å².